The van der Waals surface area contributed by atoms with Crippen LogP contribution in [0.5, 0.6) is 0 Å². The molecule has 0 amide bonds. The van der Waals surface area contributed by atoms with Gasteiger partial charge in [0.2, 0.25) is 0 Å². The maximum Gasteiger partial charge on any atom is 0.126 e. The summed E-state index contributed by atoms with van der Waals surface area (Å²) in [7, 11) is 0. The van der Waals surface area contributed by atoms with Crippen molar-refractivity contribution in [3.63, 3.8) is 0 Å². The monoisotopic (exact) mass is 234 g/mol. The van der Waals surface area contributed by atoms with Crippen LogP contribution in [0.2, 0.25) is 0 Å². The molecular formula is C11H14N4S. The Hall–Kier alpha value is -1.62. The molecule has 16 heavy (non-hydrogen) atoms. The molecule has 0 spiro atoms. The van der Waals surface area contributed by atoms with Crippen LogP contribution in [0.4, 0.5) is 11.5 Å². The van der Waals surface area contributed by atoms with Crippen LogP contribution in [0.3, 0.4) is 0 Å². The van der Waals surface area contributed by atoms with Gasteiger partial charge in [0.25, 0.3) is 0 Å². The first-order valence-corrected chi connectivity index (χ1v) is 5.99. The summed E-state index contributed by atoms with van der Waals surface area (Å²) in [5.41, 5.74) is 7.28. The quantitative estimate of drug-likeness (QED) is 0.850. The molecule has 4 nitrogen and oxygen atoms in total. The molecule has 0 saturated carbocycles. The molecule has 0 aromatic carbocycles. The molecule has 0 unspecified atom stereocenters. The molecule has 0 radical (unpaired) electrons. The summed E-state index contributed by atoms with van der Waals surface area (Å²) in [5.74, 6) is 0.864. The van der Waals surface area contributed by atoms with Gasteiger partial charge in [-0.25, -0.2) is 9.97 Å². The topological polar surface area (TPSA) is 63.8 Å². The highest BCUT2D eigenvalue weighted by Crippen LogP contribution is 2.12. The Morgan fingerprint density at radius 3 is 3.00 bits per heavy atom. The lowest BCUT2D eigenvalue weighted by Gasteiger charge is -2.06. The van der Waals surface area contributed by atoms with E-state index in [-0.39, 0.29) is 0 Å². The molecule has 5 heteroatoms. The molecular weight excluding hydrogens is 220 g/mol. The molecule has 0 bridgehead atoms. The van der Waals surface area contributed by atoms with Gasteiger partial charge in [-0.05, 0) is 19.1 Å². The average molecular weight is 234 g/mol. The third-order valence-corrected chi connectivity index (χ3v) is 3.09. The van der Waals surface area contributed by atoms with Crippen molar-refractivity contribution in [2.75, 3.05) is 17.6 Å². The van der Waals surface area contributed by atoms with E-state index in [1.54, 1.807) is 11.3 Å². The van der Waals surface area contributed by atoms with Gasteiger partial charge in [0.05, 0.1) is 16.4 Å². The summed E-state index contributed by atoms with van der Waals surface area (Å²) in [4.78, 5) is 8.56. The predicted octanol–water partition coefficient (Wildman–Crippen LogP) is 2.08. The van der Waals surface area contributed by atoms with Gasteiger partial charge in [0.15, 0.2) is 0 Å². The van der Waals surface area contributed by atoms with Gasteiger partial charge in [0.1, 0.15) is 5.82 Å². The number of hydrogen-bond acceptors (Lipinski definition) is 5. The highest BCUT2D eigenvalue weighted by molar-refractivity contribution is 7.09. The molecule has 2 rings (SSSR count). The molecule has 0 atom stereocenters. The number of nitrogens with zero attached hydrogens (tertiary/aromatic N) is 2. The lowest BCUT2D eigenvalue weighted by molar-refractivity contribution is 0.984. The second-order valence-corrected chi connectivity index (χ2v) is 4.45. The molecule has 0 saturated heterocycles. The molecule has 84 valence electrons. The molecule has 0 aliphatic heterocycles. The largest absolute Gasteiger partial charge is 0.397 e. The Balaban J connectivity index is 1.87. The number of aryl methyl sites for hydroxylation is 1. The predicted molar refractivity (Wildman–Crippen MR) is 67.7 cm³/mol. The second-order valence-electron chi connectivity index (χ2n) is 3.47. The van der Waals surface area contributed by atoms with E-state index in [1.807, 2.05) is 30.6 Å². The van der Waals surface area contributed by atoms with E-state index in [2.05, 4.69) is 15.3 Å². The third-order valence-electron chi connectivity index (χ3n) is 2.26. The van der Waals surface area contributed by atoms with Crippen LogP contribution in [0.15, 0.2) is 23.7 Å². The highest BCUT2D eigenvalue weighted by Gasteiger charge is 1.99. The minimum Gasteiger partial charge on any atom is -0.397 e. The zero-order chi connectivity index (χ0) is 11.4. The fourth-order valence-corrected chi connectivity index (χ4v) is 1.96. The van der Waals surface area contributed by atoms with E-state index in [0.717, 1.165) is 35.2 Å². The first kappa shape index (κ1) is 10.9. The van der Waals surface area contributed by atoms with Crippen LogP contribution in [-0.4, -0.2) is 16.5 Å². The number of nitrogen functional groups attached to an aromatic ring is 1. The van der Waals surface area contributed by atoms with E-state index >= 15 is 0 Å². The van der Waals surface area contributed by atoms with Crippen molar-refractivity contribution in [3.05, 3.63) is 34.4 Å². The molecule has 3 N–H and O–H groups in total. The van der Waals surface area contributed by atoms with Gasteiger partial charge in [0, 0.05) is 24.5 Å². The SMILES string of the molecule is Cc1nc(NCCc2nccs2)ccc1N. The van der Waals surface area contributed by atoms with Crippen LogP contribution >= 0.6 is 11.3 Å². The van der Waals surface area contributed by atoms with E-state index in [0.29, 0.717) is 0 Å². The van der Waals surface area contributed by atoms with Crippen molar-refractivity contribution >= 4 is 22.8 Å². The summed E-state index contributed by atoms with van der Waals surface area (Å²) in [6.45, 7) is 2.74. The fraction of sp³-hybridized carbons (Fsp3) is 0.273. The number of aromatic nitrogens is 2. The lowest BCUT2D eigenvalue weighted by atomic mass is 10.3. The second kappa shape index (κ2) is 4.94. The standard InChI is InChI=1S/C11H14N4S/c1-8-9(12)2-3-10(15-8)13-5-4-11-14-6-7-16-11/h2-3,6-7H,4-5,12H2,1H3,(H,13,15). The summed E-state index contributed by atoms with van der Waals surface area (Å²) in [6, 6.07) is 3.76. The van der Waals surface area contributed by atoms with Gasteiger partial charge < -0.3 is 11.1 Å². The van der Waals surface area contributed by atoms with E-state index in [9.17, 15) is 0 Å². The molecule has 2 heterocycles. The van der Waals surface area contributed by atoms with Crippen molar-refractivity contribution in [1.29, 1.82) is 0 Å². The van der Waals surface area contributed by atoms with Crippen LogP contribution in [-0.2, 0) is 6.42 Å². The Kier molecular flexibility index (Phi) is 3.36. The average Bonchev–Trinajstić information content (AvgIpc) is 2.76. The van der Waals surface area contributed by atoms with Crippen LogP contribution < -0.4 is 11.1 Å². The first-order chi connectivity index (χ1) is 7.75. The Morgan fingerprint density at radius 2 is 2.31 bits per heavy atom. The van der Waals surface area contributed by atoms with E-state index < -0.39 is 0 Å². The number of rotatable bonds is 4. The van der Waals surface area contributed by atoms with Gasteiger partial charge in [-0.1, -0.05) is 0 Å². The van der Waals surface area contributed by atoms with E-state index in [1.165, 1.54) is 0 Å². The zero-order valence-corrected chi connectivity index (χ0v) is 9.92. The maximum absolute atomic E-state index is 5.70. The van der Waals surface area contributed by atoms with Gasteiger partial charge >= 0.3 is 0 Å². The van der Waals surface area contributed by atoms with Crippen molar-refractivity contribution in [2.45, 2.75) is 13.3 Å². The first-order valence-electron chi connectivity index (χ1n) is 5.11. The van der Waals surface area contributed by atoms with Crippen molar-refractivity contribution in [1.82, 2.24) is 9.97 Å². The Morgan fingerprint density at radius 1 is 1.44 bits per heavy atom. The summed E-state index contributed by atoms with van der Waals surface area (Å²) in [6.07, 6.45) is 2.74. The smallest absolute Gasteiger partial charge is 0.126 e. The maximum atomic E-state index is 5.70. The minimum atomic E-state index is 0.727. The van der Waals surface area contributed by atoms with Crippen LogP contribution in [0, 0.1) is 6.92 Å². The van der Waals surface area contributed by atoms with Gasteiger partial charge in [-0.3, -0.25) is 0 Å². The minimum absolute atomic E-state index is 0.727. The van der Waals surface area contributed by atoms with Crippen molar-refractivity contribution in [2.24, 2.45) is 0 Å². The number of hydrogen-bond donors (Lipinski definition) is 2. The number of nitrogens with two attached hydrogens (primary N) is 1. The lowest BCUT2D eigenvalue weighted by Crippen LogP contribution is -2.07. The number of anilines is 2. The van der Waals surface area contributed by atoms with E-state index in [4.69, 9.17) is 5.73 Å². The van der Waals surface area contributed by atoms with Gasteiger partial charge in [-0.2, -0.15) is 0 Å². The summed E-state index contributed by atoms with van der Waals surface area (Å²) >= 11 is 1.67. The van der Waals surface area contributed by atoms with Gasteiger partial charge in [-0.15, -0.1) is 11.3 Å². The fourth-order valence-electron chi connectivity index (χ4n) is 1.34. The number of thiazole rings is 1. The highest BCUT2D eigenvalue weighted by atomic mass is 32.1. The molecule has 2 aromatic heterocycles. The summed E-state index contributed by atoms with van der Waals surface area (Å²) in [5, 5.41) is 6.38. The zero-order valence-electron chi connectivity index (χ0n) is 9.10. The Bertz CT molecular complexity index is 453. The molecule has 2 aromatic rings. The van der Waals surface area contributed by atoms with Crippen LogP contribution in [0.1, 0.15) is 10.7 Å². The third kappa shape index (κ3) is 2.70. The number of nitrogens with one attached hydrogen (secondary N) is 1. The van der Waals surface area contributed by atoms with Crippen molar-refractivity contribution < 1.29 is 0 Å². The molecule has 0 aliphatic carbocycles. The van der Waals surface area contributed by atoms with Crippen molar-refractivity contribution in [3.8, 4) is 0 Å². The Labute approximate surface area is 98.6 Å². The number of pyridine rings is 1. The summed E-state index contributed by atoms with van der Waals surface area (Å²) < 4.78 is 0. The molecule has 0 aliphatic rings. The molecule has 0 fully saturated rings. The normalized spacial score (nSPS) is 10.3. The van der Waals surface area contributed by atoms with Crippen LogP contribution in [0.25, 0.3) is 0 Å².